The molecule has 0 aliphatic heterocycles. The fourth-order valence-corrected chi connectivity index (χ4v) is 1.14. The van der Waals surface area contributed by atoms with Gasteiger partial charge < -0.3 is 0 Å². The van der Waals surface area contributed by atoms with Gasteiger partial charge in [-0.2, -0.15) is 5.26 Å². The maximum Gasteiger partial charge on any atom is 0.152 e. The van der Waals surface area contributed by atoms with Crippen LogP contribution in [0.4, 0.5) is 0 Å². The molecule has 68 valence electrons. The zero-order chi connectivity index (χ0) is 9.80. The molecule has 0 fully saturated rings. The van der Waals surface area contributed by atoms with Crippen LogP contribution in [0.5, 0.6) is 0 Å². The van der Waals surface area contributed by atoms with E-state index in [2.05, 4.69) is 26.7 Å². The third-order valence-corrected chi connectivity index (χ3v) is 1.84. The number of H-pyrrole nitrogens is 1. The van der Waals surface area contributed by atoms with Gasteiger partial charge in [-0.25, -0.2) is 5.10 Å². The number of hydrogen-bond acceptors (Lipinski definition) is 4. The maximum atomic E-state index is 8.60. The van der Waals surface area contributed by atoms with Crippen LogP contribution in [-0.4, -0.2) is 20.6 Å². The summed E-state index contributed by atoms with van der Waals surface area (Å²) in [5.74, 6) is 0.717. The molecule has 0 aliphatic carbocycles. The zero-order valence-corrected chi connectivity index (χ0v) is 7.31. The van der Waals surface area contributed by atoms with Crippen molar-refractivity contribution < 1.29 is 0 Å². The van der Waals surface area contributed by atoms with E-state index in [1.54, 1.807) is 12.1 Å². The summed E-state index contributed by atoms with van der Waals surface area (Å²) >= 11 is 0. The van der Waals surface area contributed by atoms with Gasteiger partial charge in [0.1, 0.15) is 0 Å². The first kappa shape index (κ1) is 8.38. The van der Waals surface area contributed by atoms with Gasteiger partial charge in [-0.1, -0.05) is 12.1 Å². The number of benzene rings is 1. The van der Waals surface area contributed by atoms with Crippen molar-refractivity contribution in [3.05, 3.63) is 41.2 Å². The summed E-state index contributed by atoms with van der Waals surface area (Å²) < 4.78 is 0. The Balaban J connectivity index is 2.15. The number of nitriles is 1. The van der Waals surface area contributed by atoms with Gasteiger partial charge in [-0.3, -0.25) is 0 Å². The predicted octanol–water partition coefficient (Wildman–Crippen LogP) is 0.662. The highest BCUT2D eigenvalue weighted by Crippen LogP contribution is 2.06. The molecule has 0 atom stereocenters. The Morgan fingerprint density at radius 3 is 2.64 bits per heavy atom. The van der Waals surface area contributed by atoms with E-state index in [0.717, 1.165) is 11.4 Å². The first-order valence-electron chi connectivity index (χ1n) is 4.10. The third kappa shape index (κ3) is 1.75. The Morgan fingerprint density at radius 2 is 2.07 bits per heavy atom. The predicted molar refractivity (Wildman–Crippen MR) is 48.1 cm³/mol. The molecule has 1 aromatic heterocycles. The Morgan fingerprint density at radius 1 is 1.29 bits per heavy atom. The standard InChI is InChI=1S/C9H7N5/c10-6-8-3-1-7(2-4-8)5-9-11-13-14-12-9/h1-4H,5H2,(H,11,12,13,14). The molecule has 1 heterocycles. The third-order valence-electron chi connectivity index (χ3n) is 1.84. The highest BCUT2D eigenvalue weighted by molar-refractivity contribution is 5.32. The van der Waals surface area contributed by atoms with E-state index in [-0.39, 0.29) is 0 Å². The van der Waals surface area contributed by atoms with Gasteiger partial charge >= 0.3 is 0 Å². The second-order valence-corrected chi connectivity index (χ2v) is 2.83. The smallest absolute Gasteiger partial charge is 0.152 e. The van der Waals surface area contributed by atoms with Crippen molar-refractivity contribution in [2.45, 2.75) is 6.42 Å². The lowest BCUT2D eigenvalue weighted by Gasteiger charge is -1.96. The molecule has 2 aromatic rings. The van der Waals surface area contributed by atoms with Crippen LogP contribution in [0.2, 0.25) is 0 Å². The summed E-state index contributed by atoms with van der Waals surface area (Å²) in [7, 11) is 0. The van der Waals surface area contributed by atoms with Crippen molar-refractivity contribution >= 4 is 0 Å². The molecule has 0 unspecified atom stereocenters. The van der Waals surface area contributed by atoms with Crippen LogP contribution in [0.25, 0.3) is 0 Å². The molecule has 0 saturated carbocycles. The lowest BCUT2D eigenvalue weighted by molar-refractivity contribution is 0.881. The quantitative estimate of drug-likeness (QED) is 0.745. The van der Waals surface area contributed by atoms with E-state index in [9.17, 15) is 0 Å². The van der Waals surface area contributed by atoms with E-state index >= 15 is 0 Å². The van der Waals surface area contributed by atoms with Gasteiger partial charge in [0.25, 0.3) is 0 Å². The van der Waals surface area contributed by atoms with Crippen molar-refractivity contribution in [2.75, 3.05) is 0 Å². The number of nitrogens with one attached hydrogen (secondary N) is 1. The topological polar surface area (TPSA) is 78.2 Å². The highest BCUT2D eigenvalue weighted by atomic mass is 15.5. The van der Waals surface area contributed by atoms with Crippen LogP contribution in [0, 0.1) is 11.3 Å². The molecular weight excluding hydrogens is 178 g/mol. The highest BCUT2D eigenvalue weighted by Gasteiger charge is 1.99. The van der Waals surface area contributed by atoms with E-state index in [4.69, 9.17) is 5.26 Å². The van der Waals surface area contributed by atoms with Crippen LogP contribution in [0.1, 0.15) is 17.0 Å². The van der Waals surface area contributed by atoms with E-state index in [0.29, 0.717) is 12.0 Å². The minimum absolute atomic E-state index is 0.651. The largest absolute Gasteiger partial charge is 0.243 e. The molecule has 0 radical (unpaired) electrons. The van der Waals surface area contributed by atoms with Crippen molar-refractivity contribution in [3.8, 4) is 6.07 Å². The number of hydrogen-bond donors (Lipinski definition) is 1. The SMILES string of the molecule is N#Cc1ccc(Cc2nnn[nH]2)cc1. The molecule has 0 spiro atoms. The van der Waals surface area contributed by atoms with Gasteiger partial charge in [-0.15, -0.1) is 5.10 Å². The maximum absolute atomic E-state index is 8.60. The van der Waals surface area contributed by atoms with Crippen molar-refractivity contribution in [2.24, 2.45) is 0 Å². The Bertz CT molecular complexity index is 437. The number of nitrogens with zero attached hydrogens (tertiary/aromatic N) is 4. The Kier molecular flexibility index (Phi) is 2.19. The summed E-state index contributed by atoms with van der Waals surface area (Å²) in [6, 6.07) is 9.40. The van der Waals surface area contributed by atoms with Gasteiger partial charge in [-0.05, 0) is 28.1 Å². The van der Waals surface area contributed by atoms with Gasteiger partial charge in [0.15, 0.2) is 5.82 Å². The van der Waals surface area contributed by atoms with Crippen LogP contribution in [0.3, 0.4) is 0 Å². The molecule has 0 amide bonds. The van der Waals surface area contributed by atoms with E-state index < -0.39 is 0 Å². The molecule has 5 heteroatoms. The average molecular weight is 185 g/mol. The monoisotopic (exact) mass is 185 g/mol. The lowest BCUT2D eigenvalue weighted by atomic mass is 10.1. The summed E-state index contributed by atoms with van der Waals surface area (Å²) in [5.41, 5.74) is 1.73. The van der Waals surface area contributed by atoms with E-state index in [1.807, 2.05) is 12.1 Å². The summed E-state index contributed by atoms with van der Waals surface area (Å²) in [6.45, 7) is 0. The molecule has 0 saturated heterocycles. The number of aromatic nitrogens is 4. The number of rotatable bonds is 2. The molecule has 0 bridgehead atoms. The molecular formula is C9H7N5. The molecule has 2 rings (SSSR count). The molecule has 0 aliphatic rings. The van der Waals surface area contributed by atoms with Crippen molar-refractivity contribution in [1.82, 2.24) is 20.6 Å². The second-order valence-electron chi connectivity index (χ2n) is 2.83. The van der Waals surface area contributed by atoms with E-state index in [1.165, 1.54) is 0 Å². The van der Waals surface area contributed by atoms with Gasteiger partial charge in [0, 0.05) is 6.42 Å². The summed E-state index contributed by atoms with van der Waals surface area (Å²) in [4.78, 5) is 0. The van der Waals surface area contributed by atoms with Crippen LogP contribution < -0.4 is 0 Å². The van der Waals surface area contributed by atoms with Crippen LogP contribution >= 0.6 is 0 Å². The first-order chi connectivity index (χ1) is 6.88. The number of aromatic amines is 1. The fraction of sp³-hybridized carbons (Fsp3) is 0.111. The summed E-state index contributed by atoms with van der Waals surface area (Å²) in [5, 5.41) is 22.0. The van der Waals surface area contributed by atoms with Crippen LogP contribution in [-0.2, 0) is 6.42 Å². The van der Waals surface area contributed by atoms with Gasteiger partial charge in [0.2, 0.25) is 0 Å². The number of tetrazole rings is 1. The molecule has 1 N–H and O–H groups in total. The lowest BCUT2D eigenvalue weighted by Crippen LogP contribution is -1.90. The summed E-state index contributed by atoms with van der Waals surface area (Å²) in [6.07, 6.45) is 0.651. The Labute approximate surface area is 80.4 Å². The zero-order valence-electron chi connectivity index (χ0n) is 7.31. The molecule has 14 heavy (non-hydrogen) atoms. The van der Waals surface area contributed by atoms with Crippen molar-refractivity contribution in [1.29, 1.82) is 5.26 Å². The normalized spacial score (nSPS) is 9.64. The van der Waals surface area contributed by atoms with Gasteiger partial charge in [0.05, 0.1) is 11.6 Å². The minimum atomic E-state index is 0.651. The molecule has 5 nitrogen and oxygen atoms in total. The molecule has 1 aromatic carbocycles. The van der Waals surface area contributed by atoms with Crippen LogP contribution in [0.15, 0.2) is 24.3 Å². The Hall–Kier alpha value is -2.22. The minimum Gasteiger partial charge on any atom is -0.243 e. The fourth-order valence-electron chi connectivity index (χ4n) is 1.14. The first-order valence-corrected chi connectivity index (χ1v) is 4.10. The average Bonchev–Trinajstić information content (AvgIpc) is 2.72. The second kappa shape index (κ2) is 3.66. The van der Waals surface area contributed by atoms with Crippen molar-refractivity contribution in [3.63, 3.8) is 0 Å².